The van der Waals surface area contributed by atoms with Gasteiger partial charge in [0.25, 0.3) is 0 Å². The molecule has 1 amide bonds. The number of rotatable bonds is 7. The van der Waals surface area contributed by atoms with Crippen LogP contribution in [0.4, 0.5) is 5.69 Å². The van der Waals surface area contributed by atoms with Gasteiger partial charge in [-0.3, -0.25) is 4.79 Å². The maximum absolute atomic E-state index is 12.1. The molecule has 116 valence electrons. The topological polar surface area (TPSA) is 38.3 Å². The molecule has 0 unspecified atom stereocenters. The number of aryl methyl sites for hydroxylation is 1. The molecular formula is C18H20ClNO2. The minimum atomic E-state index is -0.00102. The van der Waals surface area contributed by atoms with Crippen molar-refractivity contribution in [2.45, 2.75) is 26.4 Å². The van der Waals surface area contributed by atoms with Gasteiger partial charge >= 0.3 is 0 Å². The summed E-state index contributed by atoms with van der Waals surface area (Å²) >= 11 is 5.85. The molecule has 0 heterocycles. The van der Waals surface area contributed by atoms with E-state index in [2.05, 4.69) is 5.32 Å². The van der Waals surface area contributed by atoms with Crippen molar-refractivity contribution < 1.29 is 9.53 Å². The maximum Gasteiger partial charge on any atom is 0.224 e. The van der Waals surface area contributed by atoms with Crippen molar-refractivity contribution in [3.8, 4) is 0 Å². The Hall–Kier alpha value is -1.84. The lowest BCUT2D eigenvalue weighted by atomic mass is 10.1. The number of anilines is 1. The molecule has 2 rings (SSSR count). The second kappa shape index (κ2) is 8.57. The van der Waals surface area contributed by atoms with Crippen LogP contribution in [0.3, 0.4) is 0 Å². The molecule has 0 aliphatic rings. The first-order valence-corrected chi connectivity index (χ1v) is 7.76. The van der Waals surface area contributed by atoms with E-state index in [0.717, 1.165) is 16.8 Å². The second-order valence-corrected chi connectivity index (χ2v) is 5.41. The monoisotopic (exact) mass is 317 g/mol. The first-order valence-electron chi connectivity index (χ1n) is 7.39. The molecule has 0 fully saturated rings. The average molecular weight is 318 g/mol. The van der Waals surface area contributed by atoms with Gasteiger partial charge in [-0.05, 0) is 37.1 Å². The summed E-state index contributed by atoms with van der Waals surface area (Å²) in [6, 6.07) is 15.3. The minimum Gasteiger partial charge on any atom is -0.377 e. The van der Waals surface area contributed by atoms with E-state index in [9.17, 15) is 4.79 Å². The van der Waals surface area contributed by atoms with Gasteiger partial charge in [0.1, 0.15) is 0 Å². The summed E-state index contributed by atoms with van der Waals surface area (Å²) in [5.41, 5.74) is 2.91. The lowest BCUT2D eigenvalue weighted by molar-refractivity contribution is -0.116. The lowest BCUT2D eigenvalue weighted by Gasteiger charge is -2.11. The van der Waals surface area contributed by atoms with Gasteiger partial charge < -0.3 is 10.1 Å². The van der Waals surface area contributed by atoms with Crippen molar-refractivity contribution in [2.24, 2.45) is 0 Å². The van der Waals surface area contributed by atoms with Crippen molar-refractivity contribution in [3.63, 3.8) is 0 Å². The summed E-state index contributed by atoms with van der Waals surface area (Å²) in [4.78, 5) is 12.1. The number of carbonyl (C=O) groups excluding carboxylic acids is 1. The van der Waals surface area contributed by atoms with Crippen molar-refractivity contribution >= 4 is 23.2 Å². The van der Waals surface area contributed by atoms with Crippen molar-refractivity contribution in [2.75, 3.05) is 11.9 Å². The van der Waals surface area contributed by atoms with Crippen molar-refractivity contribution in [3.05, 3.63) is 64.7 Å². The molecule has 0 aromatic heterocycles. The zero-order chi connectivity index (χ0) is 15.8. The standard InChI is InChI=1S/C18H20ClNO2/c1-2-22-13-15-5-3-4-6-17(15)20-18(21)12-9-14-7-10-16(19)11-8-14/h3-8,10-11H,2,9,12-13H2,1H3,(H,20,21). The quantitative estimate of drug-likeness (QED) is 0.819. The smallest absolute Gasteiger partial charge is 0.224 e. The Labute approximate surface area is 136 Å². The van der Waals surface area contributed by atoms with Crippen LogP contribution in [0.15, 0.2) is 48.5 Å². The Morgan fingerprint density at radius 1 is 1.14 bits per heavy atom. The maximum atomic E-state index is 12.1. The first-order chi connectivity index (χ1) is 10.7. The van der Waals surface area contributed by atoms with E-state index in [-0.39, 0.29) is 5.91 Å². The number of carbonyl (C=O) groups is 1. The van der Waals surface area contributed by atoms with Crippen LogP contribution in [0, 0.1) is 0 Å². The zero-order valence-electron chi connectivity index (χ0n) is 12.6. The van der Waals surface area contributed by atoms with Crippen LogP contribution < -0.4 is 5.32 Å². The number of halogens is 1. The van der Waals surface area contributed by atoms with Crippen molar-refractivity contribution in [1.82, 2.24) is 0 Å². The highest BCUT2D eigenvalue weighted by atomic mass is 35.5. The summed E-state index contributed by atoms with van der Waals surface area (Å²) in [5.74, 6) is -0.00102. The molecule has 0 saturated carbocycles. The van der Waals surface area contributed by atoms with E-state index in [0.29, 0.717) is 31.1 Å². The summed E-state index contributed by atoms with van der Waals surface area (Å²) < 4.78 is 5.42. The highest BCUT2D eigenvalue weighted by molar-refractivity contribution is 6.30. The fraction of sp³-hybridized carbons (Fsp3) is 0.278. The number of benzene rings is 2. The first kappa shape index (κ1) is 16.5. The van der Waals surface area contributed by atoms with E-state index in [1.807, 2.05) is 55.5 Å². The van der Waals surface area contributed by atoms with Gasteiger partial charge in [0, 0.05) is 29.3 Å². The number of hydrogen-bond donors (Lipinski definition) is 1. The van der Waals surface area contributed by atoms with Gasteiger partial charge in [-0.2, -0.15) is 0 Å². The van der Waals surface area contributed by atoms with Crippen molar-refractivity contribution in [1.29, 1.82) is 0 Å². The molecular weight excluding hydrogens is 298 g/mol. The summed E-state index contributed by atoms with van der Waals surface area (Å²) in [6.07, 6.45) is 1.13. The Morgan fingerprint density at radius 2 is 1.86 bits per heavy atom. The molecule has 0 aliphatic carbocycles. The van der Waals surface area contributed by atoms with Crippen LogP contribution in [-0.2, 0) is 22.6 Å². The summed E-state index contributed by atoms with van der Waals surface area (Å²) in [6.45, 7) is 3.11. The fourth-order valence-corrected chi connectivity index (χ4v) is 2.23. The molecule has 22 heavy (non-hydrogen) atoms. The van der Waals surface area contributed by atoms with Gasteiger partial charge in [-0.1, -0.05) is 41.9 Å². The van der Waals surface area contributed by atoms with Gasteiger partial charge in [0.15, 0.2) is 0 Å². The SMILES string of the molecule is CCOCc1ccccc1NC(=O)CCc1ccc(Cl)cc1. The number of nitrogens with one attached hydrogen (secondary N) is 1. The summed E-state index contributed by atoms with van der Waals surface area (Å²) in [5, 5.41) is 3.66. The molecule has 0 saturated heterocycles. The Bertz CT molecular complexity index is 611. The predicted octanol–water partition coefficient (Wildman–Crippen LogP) is 4.45. The van der Waals surface area contributed by atoms with Crippen LogP contribution in [-0.4, -0.2) is 12.5 Å². The third-order valence-electron chi connectivity index (χ3n) is 3.31. The molecule has 0 spiro atoms. The van der Waals surface area contributed by atoms with Gasteiger partial charge in [0.05, 0.1) is 6.61 Å². The van der Waals surface area contributed by atoms with Crippen LogP contribution in [0.2, 0.25) is 5.02 Å². The van der Waals surface area contributed by atoms with E-state index in [4.69, 9.17) is 16.3 Å². The molecule has 0 radical (unpaired) electrons. The minimum absolute atomic E-state index is 0.00102. The third kappa shape index (κ3) is 5.17. The fourth-order valence-electron chi connectivity index (χ4n) is 2.10. The largest absolute Gasteiger partial charge is 0.377 e. The van der Waals surface area contributed by atoms with Crippen LogP contribution in [0.5, 0.6) is 0 Å². The highest BCUT2D eigenvalue weighted by Gasteiger charge is 2.07. The zero-order valence-corrected chi connectivity index (χ0v) is 13.4. The summed E-state index contributed by atoms with van der Waals surface area (Å²) in [7, 11) is 0. The number of ether oxygens (including phenoxy) is 1. The van der Waals surface area contributed by atoms with Crippen LogP contribution in [0.1, 0.15) is 24.5 Å². The number of para-hydroxylation sites is 1. The van der Waals surface area contributed by atoms with E-state index < -0.39 is 0 Å². The van der Waals surface area contributed by atoms with Gasteiger partial charge in [-0.25, -0.2) is 0 Å². The van der Waals surface area contributed by atoms with Gasteiger partial charge in [0.2, 0.25) is 5.91 Å². The predicted molar refractivity (Wildman–Crippen MR) is 90.2 cm³/mol. The van der Waals surface area contributed by atoms with E-state index in [1.54, 1.807) is 0 Å². The Kier molecular flexibility index (Phi) is 6.44. The van der Waals surface area contributed by atoms with E-state index in [1.165, 1.54) is 0 Å². The third-order valence-corrected chi connectivity index (χ3v) is 3.56. The second-order valence-electron chi connectivity index (χ2n) is 4.97. The number of hydrogen-bond acceptors (Lipinski definition) is 2. The Balaban J connectivity index is 1.90. The average Bonchev–Trinajstić information content (AvgIpc) is 2.53. The highest BCUT2D eigenvalue weighted by Crippen LogP contribution is 2.17. The normalized spacial score (nSPS) is 10.5. The van der Waals surface area contributed by atoms with Crippen LogP contribution in [0.25, 0.3) is 0 Å². The van der Waals surface area contributed by atoms with Crippen LogP contribution >= 0.6 is 11.6 Å². The lowest BCUT2D eigenvalue weighted by Crippen LogP contribution is -2.14. The molecule has 1 N–H and O–H groups in total. The molecule has 4 heteroatoms. The van der Waals surface area contributed by atoms with E-state index >= 15 is 0 Å². The molecule has 2 aromatic carbocycles. The molecule has 0 aliphatic heterocycles. The number of amides is 1. The Morgan fingerprint density at radius 3 is 2.59 bits per heavy atom. The molecule has 0 bridgehead atoms. The molecule has 2 aromatic rings. The molecule has 3 nitrogen and oxygen atoms in total. The molecule has 0 atom stereocenters. The van der Waals surface area contributed by atoms with Gasteiger partial charge in [-0.15, -0.1) is 0 Å².